The Bertz CT molecular complexity index is 2040. The van der Waals surface area contributed by atoms with Crippen molar-refractivity contribution < 1.29 is 34.2 Å². The number of fused-ring (bicyclic) bond motifs is 3. The second-order valence-corrected chi connectivity index (χ2v) is 14.4. The first-order valence-electron chi connectivity index (χ1n) is 18.1. The Morgan fingerprint density at radius 1 is 1.09 bits per heavy atom. The van der Waals surface area contributed by atoms with E-state index in [9.17, 15) is 24.6 Å². The number of para-hydroxylation sites is 1. The number of carbonyl (C=O) groups excluding carboxylic acids is 3. The van der Waals surface area contributed by atoms with Gasteiger partial charge in [0.2, 0.25) is 5.91 Å². The van der Waals surface area contributed by atoms with E-state index in [1.54, 1.807) is 25.4 Å². The molecule has 17 heteroatoms. The van der Waals surface area contributed by atoms with Gasteiger partial charge in [0.25, 0.3) is 5.91 Å². The van der Waals surface area contributed by atoms with Crippen molar-refractivity contribution in [3.63, 3.8) is 0 Å². The lowest BCUT2D eigenvalue weighted by molar-refractivity contribution is -0.898. The van der Waals surface area contributed by atoms with E-state index in [-0.39, 0.29) is 71.5 Å². The molecule has 4 aliphatic rings. The van der Waals surface area contributed by atoms with Crippen molar-refractivity contribution in [3.8, 4) is 11.1 Å². The van der Waals surface area contributed by atoms with Crippen LogP contribution in [0.3, 0.4) is 0 Å². The molecule has 7 rings (SSSR count). The number of likely N-dealkylation sites (tertiary alicyclic amines) is 1. The average Bonchev–Trinajstić information content (AvgIpc) is 4.08. The lowest BCUT2D eigenvalue weighted by Gasteiger charge is -2.45. The molecule has 0 radical (unpaired) electrons. The monoisotopic (exact) mass is 742 g/mol. The Labute approximate surface area is 312 Å². The molecular weight excluding hydrogens is 694 g/mol. The van der Waals surface area contributed by atoms with Crippen LogP contribution in [0.5, 0.6) is 0 Å². The van der Waals surface area contributed by atoms with Gasteiger partial charge in [-0.2, -0.15) is 5.10 Å². The fraction of sp³-hybridized carbons (Fsp3) is 0.432. The molecule has 2 saturated carbocycles. The maximum Gasteiger partial charge on any atom is 0.323 e. The molecule has 3 fully saturated rings. The summed E-state index contributed by atoms with van der Waals surface area (Å²) in [7, 11) is 4.97. The maximum absolute atomic E-state index is 13.1. The smallest absolute Gasteiger partial charge is 0.323 e. The zero-order valence-corrected chi connectivity index (χ0v) is 30.9. The molecule has 0 atom stereocenters. The summed E-state index contributed by atoms with van der Waals surface area (Å²) in [4.78, 5) is 49.0. The first-order valence-corrected chi connectivity index (χ1v) is 18.1. The first kappa shape index (κ1) is 36.7. The van der Waals surface area contributed by atoms with Crippen LogP contribution in [0.1, 0.15) is 60.5 Å². The van der Waals surface area contributed by atoms with Gasteiger partial charge < -0.3 is 47.4 Å². The van der Waals surface area contributed by atoms with Gasteiger partial charge in [0, 0.05) is 79.8 Å². The number of aliphatic hydroxyl groups is 2. The van der Waals surface area contributed by atoms with E-state index in [0.29, 0.717) is 18.8 Å². The molecule has 2 aliphatic carbocycles. The van der Waals surface area contributed by atoms with E-state index in [2.05, 4.69) is 20.9 Å². The third kappa shape index (κ3) is 6.92. The minimum absolute atomic E-state index is 0.00374. The van der Waals surface area contributed by atoms with E-state index >= 15 is 0 Å². The number of amides is 3. The minimum atomic E-state index is -2.44. The number of aromatic nitrogens is 3. The fourth-order valence-corrected chi connectivity index (χ4v) is 6.85. The van der Waals surface area contributed by atoms with E-state index in [4.69, 9.17) is 21.4 Å². The van der Waals surface area contributed by atoms with Crippen LogP contribution in [0.25, 0.3) is 11.1 Å². The summed E-state index contributed by atoms with van der Waals surface area (Å²) in [6.07, 6.45) is 6.70. The Balaban J connectivity index is 1.13. The van der Waals surface area contributed by atoms with Gasteiger partial charge in [-0.25, -0.2) is 4.90 Å². The van der Waals surface area contributed by atoms with Crippen LogP contribution in [0.4, 0.5) is 11.4 Å². The van der Waals surface area contributed by atoms with Gasteiger partial charge in [0.05, 0.1) is 41.5 Å². The number of nitrogens with two attached hydrogens (primary N) is 2. The van der Waals surface area contributed by atoms with E-state index in [0.717, 1.165) is 52.9 Å². The molecule has 2 aromatic heterocycles. The fourth-order valence-electron chi connectivity index (χ4n) is 6.85. The van der Waals surface area contributed by atoms with Crippen LogP contribution in [0.15, 0.2) is 65.9 Å². The van der Waals surface area contributed by atoms with Gasteiger partial charge in [0.1, 0.15) is 18.6 Å². The van der Waals surface area contributed by atoms with Crippen molar-refractivity contribution >= 4 is 29.1 Å². The number of hydrogen-bond donors (Lipinski definition) is 7. The SMILES string of the molecule is CCN(C)C(=O)c1cccc(C(O)(O)N2CC(n3ncc4c3CN(C)c3c(NC(/C=C(\N)NC(=O)C5CC5)=C(/N)C(=O)NC5CC5)cccc3-4)C2)[n+]1OC. The quantitative estimate of drug-likeness (QED) is 0.0523. The second kappa shape index (κ2) is 14.3. The Morgan fingerprint density at radius 3 is 2.48 bits per heavy atom. The number of rotatable bonds is 13. The van der Waals surface area contributed by atoms with Crippen molar-refractivity contribution in [2.75, 3.05) is 51.1 Å². The summed E-state index contributed by atoms with van der Waals surface area (Å²) >= 11 is 0. The third-order valence-electron chi connectivity index (χ3n) is 10.4. The van der Waals surface area contributed by atoms with Gasteiger partial charge >= 0.3 is 23.2 Å². The molecule has 0 bridgehead atoms. The third-order valence-corrected chi connectivity index (χ3v) is 10.4. The minimum Gasteiger partial charge on any atom is -0.393 e. The van der Waals surface area contributed by atoms with Gasteiger partial charge in [-0.05, 0) is 44.7 Å². The zero-order chi connectivity index (χ0) is 38.5. The molecule has 17 nitrogen and oxygen atoms in total. The average molecular weight is 743 g/mol. The van der Waals surface area contributed by atoms with Crippen LogP contribution in [0, 0.1) is 5.92 Å². The van der Waals surface area contributed by atoms with Gasteiger partial charge in [-0.1, -0.05) is 12.1 Å². The molecule has 286 valence electrons. The summed E-state index contributed by atoms with van der Waals surface area (Å²) < 4.78 is 3.07. The Morgan fingerprint density at radius 2 is 1.81 bits per heavy atom. The molecule has 3 amide bonds. The van der Waals surface area contributed by atoms with Crippen molar-refractivity contribution in [1.82, 2.24) is 30.2 Å². The number of carbonyl (C=O) groups is 3. The summed E-state index contributed by atoms with van der Waals surface area (Å²) in [6.45, 7) is 3.31. The molecule has 4 heterocycles. The number of allylic oxidation sites excluding steroid dienone is 1. The highest BCUT2D eigenvalue weighted by atomic mass is 16.7. The highest BCUT2D eigenvalue weighted by molar-refractivity contribution is 5.96. The van der Waals surface area contributed by atoms with Crippen molar-refractivity contribution in [3.05, 3.63) is 83.0 Å². The zero-order valence-electron chi connectivity index (χ0n) is 30.9. The van der Waals surface area contributed by atoms with E-state index in [1.807, 2.05) is 36.9 Å². The van der Waals surface area contributed by atoms with Crippen LogP contribution in [0.2, 0.25) is 0 Å². The van der Waals surface area contributed by atoms with Crippen LogP contribution in [-0.2, 0) is 22.0 Å². The normalized spacial score (nSPS) is 17.8. The maximum atomic E-state index is 13.1. The largest absolute Gasteiger partial charge is 0.393 e. The van der Waals surface area contributed by atoms with Gasteiger partial charge in [0.15, 0.2) is 0 Å². The summed E-state index contributed by atoms with van der Waals surface area (Å²) in [5.74, 6) is -3.33. The number of pyridine rings is 1. The van der Waals surface area contributed by atoms with Crippen LogP contribution < -0.4 is 41.9 Å². The number of nitrogens with one attached hydrogen (secondary N) is 3. The molecule has 1 saturated heterocycles. The number of nitrogens with zero attached hydrogens (tertiary/aromatic N) is 6. The van der Waals surface area contributed by atoms with Crippen molar-refractivity contribution in [1.29, 1.82) is 0 Å². The topological polar surface area (TPSA) is 220 Å². The van der Waals surface area contributed by atoms with Crippen LogP contribution >= 0.6 is 0 Å². The van der Waals surface area contributed by atoms with Crippen molar-refractivity contribution in [2.24, 2.45) is 17.4 Å². The predicted molar refractivity (Wildman–Crippen MR) is 197 cm³/mol. The molecule has 9 N–H and O–H groups in total. The molecule has 1 aromatic carbocycles. The molecule has 3 aromatic rings. The predicted octanol–water partition coefficient (Wildman–Crippen LogP) is -0.223. The Kier molecular flexibility index (Phi) is 9.72. The highest BCUT2D eigenvalue weighted by Gasteiger charge is 2.51. The molecule has 2 aliphatic heterocycles. The second-order valence-electron chi connectivity index (χ2n) is 14.4. The van der Waals surface area contributed by atoms with Crippen molar-refractivity contribution in [2.45, 2.75) is 57.1 Å². The summed E-state index contributed by atoms with van der Waals surface area (Å²) in [5, 5.41) is 36.6. The van der Waals surface area contributed by atoms with Gasteiger partial charge in [-0.15, -0.1) is 0 Å². The number of benzene rings is 1. The van der Waals surface area contributed by atoms with E-state index < -0.39 is 11.8 Å². The molecule has 0 unspecified atom stereocenters. The first-order chi connectivity index (χ1) is 25.8. The Hall–Kier alpha value is -5.65. The highest BCUT2D eigenvalue weighted by Crippen LogP contribution is 2.45. The number of hydrogen-bond acceptors (Lipinski definition) is 12. The lowest BCUT2D eigenvalue weighted by Crippen LogP contribution is -2.64. The lowest BCUT2D eigenvalue weighted by atomic mass is 9.97. The standard InChI is InChI=1S/C37H47N11O6/c1-5-44(2)36(51)28-10-7-11-30(48(28)54-4)37(52,53)46-18-23(19-46)47-29-20-45(3)33-24(25(29)17-40-47)8-6-9-26(33)42-27(32(39)35(50)41-22-14-15-22)16-31(38)43-34(49)21-12-13-21/h6-11,16-17,21-23,39,52-53H,5,12-15,18-20H2,1-4H3,(H5,38,41,42,43,49,50,51)/p+1. The van der Waals surface area contributed by atoms with Gasteiger partial charge in [-0.3, -0.25) is 23.9 Å². The summed E-state index contributed by atoms with van der Waals surface area (Å²) in [5.41, 5.74) is 17.3. The van der Waals surface area contributed by atoms with Crippen LogP contribution in [-0.4, -0.2) is 94.4 Å². The molecule has 54 heavy (non-hydrogen) atoms. The molecular formula is C37H48N11O6+. The van der Waals surface area contributed by atoms with E-state index in [1.165, 1.54) is 29.1 Å². The number of anilines is 2. The summed E-state index contributed by atoms with van der Waals surface area (Å²) in [6, 6.07) is 10.3. The molecule has 0 spiro atoms.